The van der Waals surface area contributed by atoms with Gasteiger partial charge in [0.2, 0.25) is 4.96 Å². The molecule has 164 valence electrons. The fourth-order valence-electron chi connectivity index (χ4n) is 3.13. The van der Waals surface area contributed by atoms with Gasteiger partial charge in [-0.05, 0) is 48.4 Å². The molecule has 9 heteroatoms. The van der Waals surface area contributed by atoms with Crippen molar-refractivity contribution in [2.24, 2.45) is 0 Å². The SMILES string of the molecule is CCCOc1ccc(Cc2nn3c(=O)/c(=C/c4cc(Br)ccc4OC)sc3nc2=O)cc1. The van der Waals surface area contributed by atoms with Crippen molar-refractivity contribution in [3.05, 3.63) is 89.0 Å². The summed E-state index contributed by atoms with van der Waals surface area (Å²) in [5, 5.41) is 4.31. The summed E-state index contributed by atoms with van der Waals surface area (Å²) >= 11 is 4.55. The Kier molecular flexibility index (Phi) is 6.66. The lowest BCUT2D eigenvalue weighted by Crippen LogP contribution is -2.28. The Hall–Kier alpha value is -3.04. The van der Waals surface area contributed by atoms with Gasteiger partial charge in [0.05, 0.1) is 18.2 Å². The summed E-state index contributed by atoms with van der Waals surface area (Å²) in [5.74, 6) is 1.41. The quantitative estimate of drug-likeness (QED) is 0.377. The number of thiazole rings is 1. The van der Waals surface area contributed by atoms with Gasteiger partial charge in [-0.3, -0.25) is 9.59 Å². The Morgan fingerprint density at radius 2 is 1.94 bits per heavy atom. The van der Waals surface area contributed by atoms with Crippen LogP contribution in [0.15, 0.2) is 56.5 Å². The van der Waals surface area contributed by atoms with E-state index in [0.29, 0.717) is 16.9 Å². The van der Waals surface area contributed by atoms with Crippen molar-refractivity contribution in [3.63, 3.8) is 0 Å². The van der Waals surface area contributed by atoms with Crippen LogP contribution < -0.4 is 25.1 Å². The lowest BCUT2D eigenvalue weighted by atomic mass is 10.1. The van der Waals surface area contributed by atoms with E-state index >= 15 is 0 Å². The van der Waals surface area contributed by atoms with Crippen LogP contribution in [0.1, 0.15) is 30.2 Å². The third kappa shape index (κ3) is 4.73. The molecule has 0 amide bonds. The highest BCUT2D eigenvalue weighted by molar-refractivity contribution is 9.10. The number of hydrogen-bond acceptors (Lipinski definition) is 7. The summed E-state index contributed by atoms with van der Waals surface area (Å²) in [4.78, 5) is 29.8. The number of nitrogens with zero attached hydrogens (tertiary/aromatic N) is 3. The summed E-state index contributed by atoms with van der Waals surface area (Å²) in [6, 6.07) is 13.0. The average Bonchev–Trinajstić information content (AvgIpc) is 3.08. The molecule has 0 saturated heterocycles. The Labute approximate surface area is 196 Å². The third-order valence-electron chi connectivity index (χ3n) is 4.70. The molecule has 0 radical (unpaired) electrons. The molecule has 0 aliphatic heterocycles. The van der Waals surface area contributed by atoms with Crippen LogP contribution in [0.2, 0.25) is 0 Å². The maximum Gasteiger partial charge on any atom is 0.296 e. The predicted octanol–water partition coefficient (Wildman–Crippen LogP) is 3.21. The zero-order valence-corrected chi connectivity index (χ0v) is 19.9. The highest BCUT2D eigenvalue weighted by Gasteiger charge is 2.12. The summed E-state index contributed by atoms with van der Waals surface area (Å²) < 4.78 is 13.4. The molecule has 0 aliphatic rings. The molecule has 0 unspecified atom stereocenters. The Morgan fingerprint density at radius 1 is 1.16 bits per heavy atom. The van der Waals surface area contributed by atoms with E-state index < -0.39 is 5.56 Å². The fourth-order valence-corrected chi connectivity index (χ4v) is 4.40. The predicted molar refractivity (Wildman–Crippen MR) is 128 cm³/mol. The minimum atomic E-state index is -0.441. The summed E-state index contributed by atoms with van der Waals surface area (Å²) in [6.45, 7) is 2.70. The first kappa shape index (κ1) is 22.2. The maximum absolute atomic E-state index is 12.9. The number of aromatic nitrogens is 3. The topological polar surface area (TPSA) is 82.8 Å². The van der Waals surface area contributed by atoms with Crippen LogP contribution in [-0.4, -0.2) is 28.3 Å². The first-order valence-electron chi connectivity index (χ1n) is 9.98. The van der Waals surface area contributed by atoms with Crippen molar-refractivity contribution in [1.82, 2.24) is 14.6 Å². The van der Waals surface area contributed by atoms with E-state index in [4.69, 9.17) is 9.47 Å². The molecule has 4 rings (SSSR count). The van der Waals surface area contributed by atoms with Gasteiger partial charge in [-0.25, -0.2) is 0 Å². The number of fused-ring (bicyclic) bond motifs is 1. The number of hydrogen-bond donors (Lipinski definition) is 0. The molecule has 2 heterocycles. The molecule has 0 aliphatic carbocycles. The molecule has 32 heavy (non-hydrogen) atoms. The summed E-state index contributed by atoms with van der Waals surface area (Å²) in [5.41, 5.74) is 1.06. The average molecular weight is 514 g/mol. The van der Waals surface area contributed by atoms with Gasteiger partial charge >= 0.3 is 0 Å². The monoisotopic (exact) mass is 513 g/mol. The lowest BCUT2D eigenvalue weighted by molar-refractivity contribution is 0.317. The van der Waals surface area contributed by atoms with Crippen LogP contribution in [0, 0.1) is 0 Å². The largest absolute Gasteiger partial charge is 0.496 e. The van der Waals surface area contributed by atoms with Gasteiger partial charge in [-0.2, -0.15) is 14.6 Å². The second-order valence-corrected chi connectivity index (χ2v) is 8.95. The summed E-state index contributed by atoms with van der Waals surface area (Å²) in [7, 11) is 1.57. The molecule has 4 aromatic rings. The van der Waals surface area contributed by atoms with Crippen molar-refractivity contribution in [2.75, 3.05) is 13.7 Å². The first-order chi connectivity index (χ1) is 15.5. The van der Waals surface area contributed by atoms with Crippen LogP contribution in [0.5, 0.6) is 11.5 Å². The van der Waals surface area contributed by atoms with Crippen LogP contribution >= 0.6 is 27.3 Å². The van der Waals surface area contributed by atoms with Crippen LogP contribution in [0.3, 0.4) is 0 Å². The van der Waals surface area contributed by atoms with Gasteiger partial charge in [-0.1, -0.05) is 46.3 Å². The number of ether oxygens (including phenoxy) is 2. The van der Waals surface area contributed by atoms with Gasteiger partial charge < -0.3 is 9.47 Å². The maximum atomic E-state index is 12.9. The van der Waals surface area contributed by atoms with Gasteiger partial charge in [0, 0.05) is 16.5 Å². The van der Waals surface area contributed by atoms with Crippen LogP contribution in [0.4, 0.5) is 0 Å². The van der Waals surface area contributed by atoms with E-state index in [2.05, 4.69) is 26.0 Å². The number of methoxy groups -OCH3 is 1. The summed E-state index contributed by atoms with van der Waals surface area (Å²) in [6.07, 6.45) is 2.92. The van der Waals surface area contributed by atoms with E-state index in [1.165, 1.54) is 4.52 Å². The molecule has 2 aromatic carbocycles. The number of benzene rings is 2. The first-order valence-corrected chi connectivity index (χ1v) is 11.6. The highest BCUT2D eigenvalue weighted by Crippen LogP contribution is 2.23. The van der Waals surface area contributed by atoms with E-state index in [1.807, 2.05) is 49.4 Å². The van der Waals surface area contributed by atoms with Gasteiger partial charge in [0.15, 0.2) is 0 Å². The van der Waals surface area contributed by atoms with Crippen LogP contribution in [-0.2, 0) is 6.42 Å². The molecule has 0 saturated carbocycles. The fraction of sp³-hybridized carbons (Fsp3) is 0.217. The van der Waals surface area contributed by atoms with E-state index in [9.17, 15) is 9.59 Å². The van der Waals surface area contributed by atoms with Crippen molar-refractivity contribution in [2.45, 2.75) is 19.8 Å². The zero-order valence-electron chi connectivity index (χ0n) is 17.5. The van der Waals surface area contributed by atoms with Crippen molar-refractivity contribution < 1.29 is 9.47 Å². The Bertz CT molecular complexity index is 1430. The van der Waals surface area contributed by atoms with E-state index in [0.717, 1.165) is 39.1 Å². The van der Waals surface area contributed by atoms with Crippen molar-refractivity contribution >= 4 is 38.3 Å². The van der Waals surface area contributed by atoms with E-state index in [1.54, 1.807) is 13.2 Å². The molecule has 0 bridgehead atoms. The minimum absolute atomic E-state index is 0.214. The second kappa shape index (κ2) is 9.62. The molecular weight excluding hydrogens is 494 g/mol. The Balaban J connectivity index is 1.70. The minimum Gasteiger partial charge on any atom is -0.496 e. The number of halogens is 1. The van der Waals surface area contributed by atoms with Crippen LogP contribution in [0.25, 0.3) is 11.0 Å². The molecule has 2 aromatic heterocycles. The standard InChI is InChI=1S/C23H20BrN3O4S/c1-3-10-31-17-7-4-14(5-8-17)11-18-21(28)25-23-27(26-18)22(29)20(32-23)13-15-12-16(24)6-9-19(15)30-2/h4-9,12-13H,3,10-11H2,1-2H3/b20-13-. The third-order valence-corrected chi connectivity index (χ3v) is 6.15. The van der Waals surface area contributed by atoms with Gasteiger partial charge in [0.1, 0.15) is 17.2 Å². The van der Waals surface area contributed by atoms with Gasteiger partial charge in [0.25, 0.3) is 11.1 Å². The van der Waals surface area contributed by atoms with Gasteiger partial charge in [-0.15, -0.1) is 0 Å². The Morgan fingerprint density at radius 3 is 2.66 bits per heavy atom. The smallest absolute Gasteiger partial charge is 0.296 e. The zero-order chi connectivity index (χ0) is 22.7. The van der Waals surface area contributed by atoms with Crippen molar-refractivity contribution in [1.29, 1.82) is 0 Å². The lowest BCUT2D eigenvalue weighted by Gasteiger charge is -2.05. The molecule has 0 N–H and O–H groups in total. The molecule has 0 atom stereocenters. The highest BCUT2D eigenvalue weighted by atomic mass is 79.9. The van der Waals surface area contributed by atoms with Crippen molar-refractivity contribution in [3.8, 4) is 11.5 Å². The van der Waals surface area contributed by atoms with E-state index in [-0.39, 0.29) is 22.6 Å². The second-order valence-electron chi connectivity index (χ2n) is 7.03. The molecule has 0 spiro atoms. The normalized spacial score (nSPS) is 11.8. The molecule has 7 nitrogen and oxygen atoms in total. The number of rotatable bonds is 7. The molecule has 0 fully saturated rings. The molecular formula is C23H20BrN3O4S.